The summed E-state index contributed by atoms with van der Waals surface area (Å²) in [5.41, 5.74) is 3.33. The minimum absolute atomic E-state index is 0.000528. The van der Waals surface area contributed by atoms with E-state index < -0.39 is 6.09 Å². The van der Waals surface area contributed by atoms with Crippen LogP contribution in [0.2, 0.25) is 0 Å². The van der Waals surface area contributed by atoms with Crippen LogP contribution in [0.15, 0.2) is 48.7 Å². The zero-order valence-electron chi connectivity index (χ0n) is 21.0. The summed E-state index contributed by atoms with van der Waals surface area (Å²) in [5, 5.41) is 16.1. The Kier molecular flexibility index (Phi) is 8.75. The highest BCUT2D eigenvalue weighted by molar-refractivity contribution is 7.16. The van der Waals surface area contributed by atoms with E-state index in [-0.39, 0.29) is 17.7 Å². The summed E-state index contributed by atoms with van der Waals surface area (Å²) >= 11 is 1.45. The second-order valence-electron chi connectivity index (χ2n) is 9.13. The average molecular weight is 519 g/mol. The zero-order chi connectivity index (χ0) is 26.2. The minimum Gasteiger partial charge on any atom is -0.497 e. The fraction of sp³-hybridized carbons (Fsp3) is 0.357. The first-order valence-corrected chi connectivity index (χ1v) is 13.1. The van der Waals surface area contributed by atoms with Crippen molar-refractivity contribution >= 4 is 28.3 Å². The molecule has 1 aliphatic carbocycles. The largest absolute Gasteiger partial charge is 0.497 e. The summed E-state index contributed by atoms with van der Waals surface area (Å²) in [6, 6.07) is 15.5. The van der Waals surface area contributed by atoms with Crippen LogP contribution < -0.4 is 15.4 Å². The molecule has 37 heavy (non-hydrogen) atoms. The topological polar surface area (TPSA) is 113 Å². The standard InChI is InChI=1S/C28H30N4O4S/c1-18(20-6-5-8-22(14-20)35-2)12-26(33)32-27-24(15-29)23-10-9-19(13-25(23)37-27)17-36-28(34)31-16-21-7-3-4-11-30-21/h3-8,11,14,18-19H,9-10,12-13,16-17H2,1-2H3,(H,31,34)(H,32,33). The lowest BCUT2D eigenvalue weighted by Crippen LogP contribution is -2.28. The quantitative estimate of drug-likeness (QED) is 0.403. The maximum absolute atomic E-state index is 12.8. The van der Waals surface area contributed by atoms with E-state index in [2.05, 4.69) is 21.7 Å². The molecule has 2 aromatic heterocycles. The van der Waals surface area contributed by atoms with E-state index in [1.165, 1.54) is 11.3 Å². The SMILES string of the molecule is COc1cccc(C(C)CC(=O)Nc2sc3c(c2C#N)CCC(COC(=O)NCc2ccccn2)C3)c1. The van der Waals surface area contributed by atoms with Crippen molar-refractivity contribution in [3.8, 4) is 11.8 Å². The number of nitriles is 1. The summed E-state index contributed by atoms with van der Waals surface area (Å²) in [6.45, 7) is 2.60. The fourth-order valence-electron chi connectivity index (χ4n) is 4.43. The van der Waals surface area contributed by atoms with Crippen LogP contribution in [0.5, 0.6) is 5.75 Å². The molecule has 0 radical (unpaired) electrons. The molecule has 1 aromatic carbocycles. The second-order valence-corrected chi connectivity index (χ2v) is 10.2. The Hall–Kier alpha value is -3.90. The molecule has 9 heteroatoms. The zero-order valence-corrected chi connectivity index (χ0v) is 21.8. The number of nitrogens with zero attached hydrogens (tertiary/aromatic N) is 2. The van der Waals surface area contributed by atoms with E-state index in [0.717, 1.165) is 33.9 Å². The number of ether oxygens (including phenoxy) is 2. The molecule has 0 saturated carbocycles. The van der Waals surface area contributed by atoms with Crippen molar-refractivity contribution in [3.63, 3.8) is 0 Å². The van der Waals surface area contributed by atoms with Gasteiger partial charge in [-0.1, -0.05) is 25.1 Å². The molecule has 2 N–H and O–H groups in total. The van der Waals surface area contributed by atoms with Crippen LogP contribution in [0.4, 0.5) is 9.80 Å². The molecule has 0 saturated heterocycles. The minimum atomic E-state index is -0.474. The first kappa shape index (κ1) is 26.2. The predicted molar refractivity (Wildman–Crippen MR) is 142 cm³/mol. The monoisotopic (exact) mass is 518 g/mol. The summed E-state index contributed by atoms with van der Waals surface area (Å²) in [5.74, 6) is 0.789. The van der Waals surface area contributed by atoms with Crippen LogP contribution in [0.1, 0.15) is 52.9 Å². The maximum atomic E-state index is 12.8. The molecule has 1 aliphatic rings. The molecule has 0 spiro atoms. The van der Waals surface area contributed by atoms with Crippen molar-refractivity contribution in [3.05, 3.63) is 75.9 Å². The Balaban J connectivity index is 1.31. The van der Waals surface area contributed by atoms with E-state index in [9.17, 15) is 14.9 Å². The van der Waals surface area contributed by atoms with Crippen molar-refractivity contribution in [2.24, 2.45) is 5.92 Å². The van der Waals surface area contributed by atoms with E-state index in [1.54, 1.807) is 13.3 Å². The molecule has 0 fully saturated rings. The van der Waals surface area contributed by atoms with Gasteiger partial charge in [0.2, 0.25) is 5.91 Å². The lowest BCUT2D eigenvalue weighted by Gasteiger charge is -2.21. The molecule has 0 bridgehead atoms. The molecule has 3 aromatic rings. The molecule has 2 unspecified atom stereocenters. The highest BCUT2D eigenvalue weighted by Gasteiger charge is 2.27. The van der Waals surface area contributed by atoms with E-state index >= 15 is 0 Å². The van der Waals surface area contributed by atoms with Gasteiger partial charge in [-0.05, 0) is 66.5 Å². The smallest absolute Gasteiger partial charge is 0.407 e. The lowest BCUT2D eigenvalue weighted by molar-refractivity contribution is -0.116. The molecule has 8 nitrogen and oxygen atoms in total. The van der Waals surface area contributed by atoms with Gasteiger partial charge >= 0.3 is 6.09 Å². The van der Waals surface area contributed by atoms with E-state index in [4.69, 9.17) is 9.47 Å². The lowest BCUT2D eigenvalue weighted by atomic mass is 9.88. The number of benzene rings is 1. The molecule has 2 atom stereocenters. The molecule has 2 amide bonds. The Morgan fingerprint density at radius 1 is 1.27 bits per heavy atom. The number of alkyl carbamates (subject to hydrolysis) is 1. The number of carbonyl (C=O) groups excluding carboxylic acids is 2. The van der Waals surface area contributed by atoms with Crippen molar-refractivity contribution in [1.29, 1.82) is 5.26 Å². The van der Waals surface area contributed by atoms with Gasteiger partial charge in [-0.2, -0.15) is 5.26 Å². The van der Waals surface area contributed by atoms with Gasteiger partial charge in [0.05, 0.1) is 31.5 Å². The van der Waals surface area contributed by atoms with Crippen molar-refractivity contribution in [1.82, 2.24) is 10.3 Å². The Bertz CT molecular complexity index is 1290. The maximum Gasteiger partial charge on any atom is 0.407 e. The number of aromatic nitrogens is 1. The summed E-state index contributed by atoms with van der Waals surface area (Å²) in [6.07, 6.45) is 3.73. The number of hydrogen-bond donors (Lipinski definition) is 2. The third-order valence-corrected chi connectivity index (χ3v) is 7.65. The van der Waals surface area contributed by atoms with Gasteiger partial charge in [0, 0.05) is 17.5 Å². The Labute approximate surface area is 220 Å². The van der Waals surface area contributed by atoms with Crippen LogP contribution in [-0.4, -0.2) is 30.7 Å². The summed E-state index contributed by atoms with van der Waals surface area (Å²) in [7, 11) is 1.62. The number of hydrogen-bond acceptors (Lipinski definition) is 7. The molecular formula is C28H30N4O4S. The highest BCUT2D eigenvalue weighted by Crippen LogP contribution is 2.39. The van der Waals surface area contributed by atoms with Crippen molar-refractivity contribution in [2.75, 3.05) is 19.0 Å². The van der Waals surface area contributed by atoms with E-state index in [0.29, 0.717) is 43.0 Å². The number of methoxy groups -OCH3 is 1. The number of nitrogens with one attached hydrogen (secondary N) is 2. The van der Waals surface area contributed by atoms with Crippen molar-refractivity contribution in [2.45, 2.75) is 45.1 Å². The summed E-state index contributed by atoms with van der Waals surface area (Å²) in [4.78, 5) is 30.2. The van der Waals surface area contributed by atoms with Crippen LogP contribution in [0.25, 0.3) is 0 Å². The number of rotatable bonds is 9. The van der Waals surface area contributed by atoms with Gasteiger partial charge in [-0.15, -0.1) is 11.3 Å². The van der Waals surface area contributed by atoms with Gasteiger partial charge in [0.15, 0.2) is 0 Å². The third-order valence-electron chi connectivity index (χ3n) is 6.48. The first-order valence-electron chi connectivity index (χ1n) is 12.3. The highest BCUT2D eigenvalue weighted by atomic mass is 32.1. The van der Waals surface area contributed by atoms with Gasteiger partial charge in [0.25, 0.3) is 0 Å². The number of thiophene rings is 1. The Morgan fingerprint density at radius 3 is 2.89 bits per heavy atom. The molecule has 4 rings (SSSR count). The van der Waals surface area contributed by atoms with Crippen LogP contribution in [0, 0.1) is 17.2 Å². The number of pyridine rings is 1. The molecule has 192 valence electrons. The molecule has 0 aliphatic heterocycles. The normalized spacial score (nSPS) is 15.1. The van der Waals surface area contributed by atoms with Crippen LogP contribution in [0.3, 0.4) is 0 Å². The Morgan fingerprint density at radius 2 is 2.14 bits per heavy atom. The van der Waals surface area contributed by atoms with Gasteiger partial charge in [-0.3, -0.25) is 9.78 Å². The third kappa shape index (κ3) is 6.86. The molecular weight excluding hydrogens is 488 g/mol. The van der Waals surface area contributed by atoms with Gasteiger partial charge in [-0.25, -0.2) is 4.79 Å². The number of amides is 2. The van der Waals surface area contributed by atoms with Crippen LogP contribution >= 0.6 is 11.3 Å². The van der Waals surface area contributed by atoms with Crippen molar-refractivity contribution < 1.29 is 19.1 Å². The first-order chi connectivity index (χ1) is 18.0. The number of carbonyl (C=O) groups is 2. The second kappa shape index (κ2) is 12.4. The average Bonchev–Trinajstić information content (AvgIpc) is 3.27. The molecule has 2 heterocycles. The summed E-state index contributed by atoms with van der Waals surface area (Å²) < 4.78 is 10.7. The van der Waals surface area contributed by atoms with Gasteiger partial charge in [0.1, 0.15) is 16.8 Å². The predicted octanol–water partition coefficient (Wildman–Crippen LogP) is 5.19. The van der Waals surface area contributed by atoms with E-state index in [1.807, 2.05) is 49.4 Å². The number of anilines is 1. The number of fused-ring (bicyclic) bond motifs is 1. The fourth-order valence-corrected chi connectivity index (χ4v) is 5.76. The van der Waals surface area contributed by atoms with Gasteiger partial charge < -0.3 is 20.1 Å². The van der Waals surface area contributed by atoms with Crippen LogP contribution in [-0.2, 0) is 28.9 Å².